The van der Waals surface area contributed by atoms with Crippen LogP contribution in [0, 0.1) is 13.8 Å². The number of amides is 1. The van der Waals surface area contributed by atoms with Crippen molar-refractivity contribution in [3.05, 3.63) is 23.3 Å². The zero-order chi connectivity index (χ0) is 24.0. The molecule has 2 fully saturated rings. The van der Waals surface area contributed by atoms with Gasteiger partial charge in [-0.15, -0.1) is 0 Å². The highest BCUT2D eigenvalue weighted by molar-refractivity contribution is 7.89. The number of ether oxygens (including phenoxy) is 1. The van der Waals surface area contributed by atoms with Gasteiger partial charge in [0, 0.05) is 52.2 Å². The Bertz CT molecular complexity index is 884. The molecule has 0 atom stereocenters. The molecule has 0 bridgehead atoms. The number of nitrogens with zero attached hydrogens (tertiary/aromatic N) is 3. The Morgan fingerprint density at radius 3 is 2.15 bits per heavy atom. The van der Waals surface area contributed by atoms with Gasteiger partial charge in [0.05, 0.1) is 12.0 Å². The first-order valence-electron chi connectivity index (χ1n) is 12.1. The minimum absolute atomic E-state index is 0.0873. The zero-order valence-electron chi connectivity index (χ0n) is 20.6. The summed E-state index contributed by atoms with van der Waals surface area (Å²) in [6.07, 6.45) is 4.70. The third kappa shape index (κ3) is 6.91. The number of likely N-dealkylation sites (tertiary alicyclic amines) is 2. The molecule has 0 unspecified atom stereocenters. The Hall–Kier alpha value is -1.68. The second-order valence-corrected chi connectivity index (χ2v) is 11.4. The summed E-state index contributed by atoms with van der Waals surface area (Å²) in [6.45, 7) is 10.4. The van der Waals surface area contributed by atoms with Gasteiger partial charge in [-0.1, -0.05) is 0 Å². The molecule has 0 saturated carbocycles. The maximum absolute atomic E-state index is 13.1. The number of methoxy groups -OCH3 is 1. The minimum Gasteiger partial charge on any atom is -0.497 e. The number of hydrogen-bond acceptors (Lipinski definition) is 6. The van der Waals surface area contributed by atoms with Crippen molar-refractivity contribution in [2.45, 2.75) is 56.9 Å². The lowest BCUT2D eigenvalue weighted by atomic mass is 10.0. The van der Waals surface area contributed by atoms with E-state index in [-0.39, 0.29) is 29.8 Å². The number of carbonyl (C=O) groups excluding carboxylic acids is 1. The molecule has 2 heterocycles. The maximum atomic E-state index is 13.1. The predicted octanol–water partition coefficient (Wildman–Crippen LogP) is 2.00. The van der Waals surface area contributed by atoms with E-state index < -0.39 is 10.0 Å². The van der Waals surface area contributed by atoms with Crippen LogP contribution >= 0.6 is 0 Å². The Morgan fingerprint density at radius 2 is 1.61 bits per heavy atom. The van der Waals surface area contributed by atoms with E-state index in [0.717, 1.165) is 39.0 Å². The number of nitrogens with one attached hydrogen (secondary N) is 1. The lowest BCUT2D eigenvalue weighted by Gasteiger charge is -2.33. The molecule has 0 spiro atoms. The standard InChI is InChI=1S/C24H40N4O4S/c1-19-17-22(32-4)18-20(2)24(19)33(30,31)26(3)12-9-23(29)25-21-7-13-28(14-8-21)16-15-27-10-5-6-11-27/h17-18,21H,5-16H2,1-4H3,(H,25,29). The van der Waals surface area contributed by atoms with Crippen LogP contribution in [0.25, 0.3) is 0 Å². The van der Waals surface area contributed by atoms with E-state index in [1.807, 2.05) is 0 Å². The smallest absolute Gasteiger partial charge is 0.243 e. The molecule has 1 aromatic rings. The van der Waals surface area contributed by atoms with Crippen LogP contribution in [0.4, 0.5) is 0 Å². The van der Waals surface area contributed by atoms with E-state index >= 15 is 0 Å². The summed E-state index contributed by atoms with van der Waals surface area (Å²) in [7, 11) is -0.594. The van der Waals surface area contributed by atoms with Gasteiger partial charge in [-0.25, -0.2) is 12.7 Å². The number of benzene rings is 1. The highest BCUT2D eigenvalue weighted by Crippen LogP contribution is 2.27. The van der Waals surface area contributed by atoms with Crippen molar-refractivity contribution in [1.82, 2.24) is 19.4 Å². The Balaban J connectivity index is 1.43. The first-order valence-corrected chi connectivity index (χ1v) is 13.5. The molecule has 1 amide bonds. The summed E-state index contributed by atoms with van der Waals surface area (Å²) in [6, 6.07) is 3.61. The van der Waals surface area contributed by atoms with E-state index in [4.69, 9.17) is 4.74 Å². The molecular weight excluding hydrogens is 440 g/mol. The number of carbonyl (C=O) groups is 1. The fraction of sp³-hybridized carbons (Fsp3) is 0.708. The van der Waals surface area contributed by atoms with E-state index in [2.05, 4.69) is 15.1 Å². The summed E-state index contributed by atoms with van der Waals surface area (Å²) < 4.78 is 32.7. The third-order valence-corrected chi connectivity index (χ3v) is 9.04. The van der Waals surface area contributed by atoms with Gasteiger partial charge in [-0.2, -0.15) is 0 Å². The van der Waals surface area contributed by atoms with Gasteiger partial charge in [0.1, 0.15) is 5.75 Å². The van der Waals surface area contributed by atoms with Crippen molar-refractivity contribution in [2.24, 2.45) is 0 Å². The molecule has 0 aromatic heterocycles. The van der Waals surface area contributed by atoms with Crippen molar-refractivity contribution < 1.29 is 17.9 Å². The topological polar surface area (TPSA) is 82.2 Å². The van der Waals surface area contributed by atoms with Crippen molar-refractivity contribution in [1.29, 1.82) is 0 Å². The largest absolute Gasteiger partial charge is 0.497 e. The van der Waals surface area contributed by atoms with Crippen molar-refractivity contribution in [3.63, 3.8) is 0 Å². The molecule has 0 radical (unpaired) electrons. The molecule has 2 aliphatic rings. The van der Waals surface area contributed by atoms with Crippen LogP contribution in [0.1, 0.15) is 43.2 Å². The number of sulfonamides is 1. The normalized spacial score (nSPS) is 18.7. The van der Waals surface area contributed by atoms with Crippen LogP contribution in [0.2, 0.25) is 0 Å². The first kappa shape index (κ1) is 25.9. The molecular formula is C24H40N4O4S. The minimum atomic E-state index is -3.69. The Kier molecular flexibility index (Phi) is 9.15. The van der Waals surface area contributed by atoms with Crippen LogP contribution in [0.15, 0.2) is 17.0 Å². The molecule has 3 rings (SSSR count). The number of rotatable bonds is 10. The third-order valence-electron chi connectivity index (χ3n) is 6.88. The number of aryl methyl sites for hydroxylation is 2. The van der Waals surface area contributed by atoms with E-state index in [0.29, 0.717) is 16.9 Å². The Morgan fingerprint density at radius 1 is 1.06 bits per heavy atom. The number of piperidine rings is 1. The molecule has 1 N–H and O–H groups in total. The van der Waals surface area contributed by atoms with Gasteiger partial charge < -0.3 is 19.9 Å². The fourth-order valence-electron chi connectivity index (χ4n) is 4.86. The van der Waals surface area contributed by atoms with E-state index in [1.165, 1.54) is 37.3 Å². The van der Waals surface area contributed by atoms with Crippen LogP contribution in [0.5, 0.6) is 5.75 Å². The average Bonchev–Trinajstić information content (AvgIpc) is 3.30. The quantitative estimate of drug-likeness (QED) is 0.552. The second kappa shape index (κ2) is 11.6. The number of hydrogen-bond donors (Lipinski definition) is 1. The van der Waals surface area contributed by atoms with Crippen LogP contribution in [0.3, 0.4) is 0 Å². The van der Waals surface area contributed by atoms with Gasteiger partial charge in [-0.3, -0.25) is 4.79 Å². The summed E-state index contributed by atoms with van der Waals surface area (Å²) in [5, 5.41) is 3.11. The highest BCUT2D eigenvalue weighted by atomic mass is 32.2. The lowest BCUT2D eigenvalue weighted by molar-refractivity contribution is -0.122. The molecule has 8 nitrogen and oxygen atoms in total. The highest BCUT2D eigenvalue weighted by Gasteiger charge is 2.27. The summed E-state index contributed by atoms with van der Waals surface area (Å²) in [4.78, 5) is 17.8. The monoisotopic (exact) mass is 480 g/mol. The van der Waals surface area contributed by atoms with Crippen molar-refractivity contribution in [2.75, 3.05) is 60.0 Å². The van der Waals surface area contributed by atoms with E-state index in [9.17, 15) is 13.2 Å². The van der Waals surface area contributed by atoms with Crippen LogP contribution in [-0.2, 0) is 14.8 Å². The molecule has 2 saturated heterocycles. The summed E-state index contributed by atoms with van der Waals surface area (Å²) in [5.74, 6) is 0.545. The van der Waals surface area contributed by atoms with Crippen molar-refractivity contribution >= 4 is 15.9 Å². The zero-order valence-corrected chi connectivity index (χ0v) is 21.4. The van der Waals surface area contributed by atoms with Gasteiger partial charge in [-0.05, 0) is 75.9 Å². The van der Waals surface area contributed by atoms with Crippen LogP contribution < -0.4 is 10.1 Å². The Labute approximate surface area is 199 Å². The molecule has 186 valence electrons. The van der Waals surface area contributed by atoms with Gasteiger partial charge in [0.2, 0.25) is 15.9 Å². The first-order chi connectivity index (χ1) is 15.7. The lowest BCUT2D eigenvalue weighted by Crippen LogP contribution is -2.46. The summed E-state index contributed by atoms with van der Waals surface area (Å²) in [5.41, 5.74) is 1.28. The van der Waals surface area contributed by atoms with Gasteiger partial charge in [0.15, 0.2) is 0 Å². The average molecular weight is 481 g/mol. The predicted molar refractivity (Wildman–Crippen MR) is 130 cm³/mol. The molecule has 0 aliphatic carbocycles. The van der Waals surface area contributed by atoms with Gasteiger partial charge >= 0.3 is 0 Å². The molecule has 33 heavy (non-hydrogen) atoms. The summed E-state index contributed by atoms with van der Waals surface area (Å²) >= 11 is 0. The SMILES string of the molecule is COc1cc(C)c(S(=O)(=O)N(C)CCC(=O)NC2CCN(CCN3CCCC3)CC2)c(C)c1. The second-order valence-electron chi connectivity index (χ2n) is 9.40. The van der Waals surface area contributed by atoms with Gasteiger partial charge in [0.25, 0.3) is 0 Å². The van der Waals surface area contributed by atoms with E-state index in [1.54, 1.807) is 33.1 Å². The molecule has 9 heteroatoms. The van der Waals surface area contributed by atoms with Crippen molar-refractivity contribution in [3.8, 4) is 5.75 Å². The molecule has 2 aliphatic heterocycles. The van der Waals surface area contributed by atoms with Crippen LogP contribution in [-0.4, -0.2) is 94.4 Å². The maximum Gasteiger partial charge on any atom is 0.243 e. The molecule has 1 aromatic carbocycles. The fourth-order valence-corrected chi connectivity index (χ4v) is 6.44.